The Hall–Kier alpha value is -2.36. The molecule has 0 unspecified atom stereocenters. The topological polar surface area (TPSA) is 42.2 Å². The monoisotopic (exact) mass is 243 g/mol. The molecule has 0 saturated heterocycles. The SMILES string of the molecule is C=CC[n+]1cccc2cccc(OC(=O)NC)c21. The van der Waals surface area contributed by atoms with Crippen LogP contribution in [0.5, 0.6) is 5.75 Å². The summed E-state index contributed by atoms with van der Waals surface area (Å²) in [5.74, 6) is 0.536. The molecule has 0 atom stereocenters. The zero-order valence-corrected chi connectivity index (χ0v) is 10.2. The average molecular weight is 243 g/mol. The van der Waals surface area contributed by atoms with E-state index in [9.17, 15) is 4.79 Å². The van der Waals surface area contributed by atoms with Crippen LogP contribution >= 0.6 is 0 Å². The highest BCUT2D eigenvalue weighted by atomic mass is 16.6. The third-order valence-electron chi connectivity index (χ3n) is 2.59. The summed E-state index contributed by atoms with van der Waals surface area (Å²) in [7, 11) is 1.53. The number of carbonyl (C=O) groups excluding carboxylic acids is 1. The van der Waals surface area contributed by atoms with E-state index in [1.165, 1.54) is 7.05 Å². The number of allylic oxidation sites excluding steroid dienone is 1. The van der Waals surface area contributed by atoms with Gasteiger partial charge in [0, 0.05) is 13.1 Å². The van der Waals surface area contributed by atoms with Crippen LogP contribution in [0.15, 0.2) is 49.2 Å². The first-order chi connectivity index (χ1) is 8.76. The molecule has 1 aromatic heterocycles. The minimum atomic E-state index is -0.475. The van der Waals surface area contributed by atoms with Gasteiger partial charge in [-0.2, -0.15) is 4.57 Å². The lowest BCUT2D eigenvalue weighted by molar-refractivity contribution is -0.661. The van der Waals surface area contributed by atoms with E-state index < -0.39 is 6.09 Å². The van der Waals surface area contributed by atoms with Gasteiger partial charge in [0.25, 0.3) is 5.52 Å². The second-order valence-corrected chi connectivity index (χ2v) is 3.78. The van der Waals surface area contributed by atoms with Crippen molar-refractivity contribution in [3.63, 3.8) is 0 Å². The first-order valence-corrected chi connectivity index (χ1v) is 5.68. The summed E-state index contributed by atoms with van der Waals surface area (Å²) < 4.78 is 7.25. The fraction of sp³-hybridized carbons (Fsp3) is 0.143. The van der Waals surface area contributed by atoms with Crippen LogP contribution < -0.4 is 14.6 Å². The minimum Gasteiger partial charge on any atom is -0.403 e. The third-order valence-corrected chi connectivity index (χ3v) is 2.59. The van der Waals surface area contributed by atoms with Gasteiger partial charge in [0.2, 0.25) is 5.75 Å². The lowest BCUT2D eigenvalue weighted by atomic mass is 10.2. The molecule has 1 heterocycles. The highest BCUT2D eigenvalue weighted by Crippen LogP contribution is 2.22. The van der Waals surface area contributed by atoms with Crippen LogP contribution in [0.25, 0.3) is 10.9 Å². The van der Waals surface area contributed by atoms with Crippen molar-refractivity contribution in [2.24, 2.45) is 0 Å². The number of amides is 1. The van der Waals surface area contributed by atoms with Crippen LogP contribution in [0.3, 0.4) is 0 Å². The fourth-order valence-electron chi connectivity index (χ4n) is 1.83. The van der Waals surface area contributed by atoms with Gasteiger partial charge in [-0.3, -0.25) is 0 Å². The second-order valence-electron chi connectivity index (χ2n) is 3.78. The lowest BCUT2D eigenvalue weighted by Crippen LogP contribution is -2.34. The molecular formula is C14H15N2O2+. The molecule has 4 heteroatoms. The van der Waals surface area contributed by atoms with Crippen molar-refractivity contribution < 1.29 is 14.1 Å². The molecule has 1 amide bonds. The summed E-state index contributed by atoms with van der Waals surface area (Å²) in [5, 5.41) is 3.45. The predicted octanol–water partition coefficient (Wildman–Crippen LogP) is 2.03. The molecule has 0 saturated carbocycles. The van der Waals surface area contributed by atoms with Crippen LogP contribution in [0.4, 0.5) is 4.79 Å². The van der Waals surface area contributed by atoms with Crippen LogP contribution in [-0.4, -0.2) is 13.1 Å². The normalized spacial score (nSPS) is 10.1. The van der Waals surface area contributed by atoms with Crippen molar-refractivity contribution in [3.8, 4) is 5.75 Å². The molecule has 2 aromatic rings. The number of rotatable bonds is 3. The third kappa shape index (κ3) is 2.32. The Balaban J connectivity index is 2.57. The van der Waals surface area contributed by atoms with Crippen molar-refractivity contribution >= 4 is 17.0 Å². The van der Waals surface area contributed by atoms with Gasteiger partial charge in [-0.1, -0.05) is 12.6 Å². The maximum Gasteiger partial charge on any atom is 0.412 e. The first-order valence-electron chi connectivity index (χ1n) is 5.68. The smallest absolute Gasteiger partial charge is 0.403 e. The van der Waals surface area contributed by atoms with Gasteiger partial charge in [0.1, 0.15) is 0 Å². The largest absolute Gasteiger partial charge is 0.412 e. The van der Waals surface area contributed by atoms with Gasteiger partial charge < -0.3 is 10.1 Å². The van der Waals surface area contributed by atoms with Crippen LogP contribution in [-0.2, 0) is 6.54 Å². The number of nitrogens with one attached hydrogen (secondary N) is 1. The molecule has 4 nitrogen and oxygen atoms in total. The molecule has 0 radical (unpaired) electrons. The summed E-state index contributed by atoms with van der Waals surface area (Å²) in [6.07, 6.45) is 3.26. The number of benzene rings is 1. The van der Waals surface area contributed by atoms with E-state index in [2.05, 4.69) is 11.9 Å². The Kier molecular flexibility index (Phi) is 3.57. The first kappa shape index (κ1) is 12.1. The van der Waals surface area contributed by atoms with E-state index in [0.717, 1.165) is 10.9 Å². The standard InChI is InChI=1S/C14H14N2O2/c1-3-9-16-10-5-7-11-6-4-8-12(13(11)16)18-14(17)15-2/h3-8,10H,1,9H2,2H3/p+1. The van der Waals surface area contributed by atoms with Gasteiger partial charge in [-0.15, -0.1) is 0 Å². The van der Waals surface area contributed by atoms with Gasteiger partial charge in [0.05, 0.1) is 5.39 Å². The molecule has 0 fully saturated rings. The number of fused-ring (bicyclic) bond motifs is 1. The van der Waals surface area contributed by atoms with E-state index >= 15 is 0 Å². The summed E-state index contributed by atoms with van der Waals surface area (Å²) in [6.45, 7) is 4.39. The molecule has 0 aliphatic carbocycles. The number of ether oxygens (including phenoxy) is 1. The summed E-state index contributed by atoms with van der Waals surface area (Å²) in [5.41, 5.74) is 0.878. The zero-order chi connectivity index (χ0) is 13.0. The molecule has 18 heavy (non-hydrogen) atoms. The maximum absolute atomic E-state index is 11.3. The van der Waals surface area contributed by atoms with E-state index in [1.54, 1.807) is 12.1 Å². The van der Waals surface area contributed by atoms with Gasteiger partial charge >= 0.3 is 6.09 Å². The number of aromatic nitrogens is 1. The quantitative estimate of drug-likeness (QED) is 0.662. The van der Waals surface area contributed by atoms with E-state index in [1.807, 2.05) is 35.0 Å². The molecule has 0 aliphatic rings. The number of para-hydroxylation sites is 1. The van der Waals surface area contributed by atoms with E-state index in [4.69, 9.17) is 4.74 Å². The molecule has 92 valence electrons. The van der Waals surface area contributed by atoms with E-state index in [0.29, 0.717) is 12.3 Å². The van der Waals surface area contributed by atoms with Crippen molar-refractivity contribution in [2.45, 2.75) is 6.54 Å². The predicted molar refractivity (Wildman–Crippen MR) is 69.4 cm³/mol. The van der Waals surface area contributed by atoms with Crippen LogP contribution in [0.2, 0.25) is 0 Å². The number of hydrogen-bond acceptors (Lipinski definition) is 2. The highest BCUT2D eigenvalue weighted by molar-refractivity contribution is 5.84. The Labute approximate surface area is 106 Å². The number of nitrogens with zero attached hydrogens (tertiary/aromatic N) is 1. The second kappa shape index (κ2) is 5.31. The van der Waals surface area contributed by atoms with Gasteiger partial charge in [-0.25, -0.2) is 4.79 Å². The minimum absolute atomic E-state index is 0.475. The summed E-state index contributed by atoms with van der Waals surface area (Å²) in [4.78, 5) is 11.3. The molecule has 1 N–H and O–H groups in total. The summed E-state index contributed by atoms with van der Waals surface area (Å²) >= 11 is 0. The fourth-order valence-corrected chi connectivity index (χ4v) is 1.83. The molecule has 0 bridgehead atoms. The van der Waals surface area contributed by atoms with Gasteiger partial charge in [0.15, 0.2) is 12.7 Å². The Bertz CT molecular complexity index is 588. The summed E-state index contributed by atoms with van der Waals surface area (Å²) in [6, 6.07) is 9.54. The van der Waals surface area contributed by atoms with Crippen molar-refractivity contribution in [2.75, 3.05) is 7.05 Å². The molecule has 1 aromatic carbocycles. The Morgan fingerprint density at radius 3 is 2.94 bits per heavy atom. The lowest BCUT2D eigenvalue weighted by Gasteiger charge is -2.06. The van der Waals surface area contributed by atoms with Crippen LogP contribution in [0.1, 0.15) is 0 Å². The zero-order valence-electron chi connectivity index (χ0n) is 10.2. The van der Waals surface area contributed by atoms with Crippen molar-refractivity contribution in [3.05, 3.63) is 49.2 Å². The average Bonchev–Trinajstić information content (AvgIpc) is 2.39. The van der Waals surface area contributed by atoms with Crippen LogP contribution in [0, 0.1) is 0 Å². The van der Waals surface area contributed by atoms with E-state index in [-0.39, 0.29) is 0 Å². The van der Waals surface area contributed by atoms with Crippen molar-refractivity contribution in [1.29, 1.82) is 0 Å². The molecule has 0 spiro atoms. The Morgan fingerprint density at radius 1 is 1.44 bits per heavy atom. The van der Waals surface area contributed by atoms with Gasteiger partial charge in [-0.05, 0) is 24.3 Å². The number of pyridine rings is 1. The van der Waals surface area contributed by atoms with Crippen molar-refractivity contribution in [1.82, 2.24) is 5.32 Å². The highest BCUT2D eigenvalue weighted by Gasteiger charge is 2.15. The number of hydrogen-bond donors (Lipinski definition) is 1. The maximum atomic E-state index is 11.3. The molecular weight excluding hydrogens is 228 g/mol. The Morgan fingerprint density at radius 2 is 2.22 bits per heavy atom. The number of carbonyl (C=O) groups is 1. The molecule has 2 rings (SSSR count). The molecule has 0 aliphatic heterocycles.